The Hall–Kier alpha value is -2.19. The van der Waals surface area contributed by atoms with Crippen LogP contribution in [0, 0.1) is 5.92 Å². The van der Waals surface area contributed by atoms with Crippen LogP contribution in [-0.2, 0) is 4.74 Å². The van der Waals surface area contributed by atoms with E-state index < -0.39 is 5.76 Å². The molecule has 3 rings (SSSR count). The lowest BCUT2D eigenvalue weighted by atomic mass is 10.2. The Balaban J connectivity index is 1.58. The fourth-order valence-corrected chi connectivity index (χ4v) is 2.03. The highest BCUT2D eigenvalue weighted by Gasteiger charge is 2.13. The van der Waals surface area contributed by atoms with Gasteiger partial charge in [0.2, 0.25) is 5.88 Å². The second-order valence-corrected chi connectivity index (χ2v) is 4.78. The third-order valence-electron chi connectivity index (χ3n) is 3.13. The van der Waals surface area contributed by atoms with Gasteiger partial charge in [0, 0.05) is 36.8 Å². The Morgan fingerprint density at radius 1 is 1.43 bits per heavy atom. The molecule has 1 aliphatic heterocycles. The van der Waals surface area contributed by atoms with E-state index in [2.05, 4.69) is 25.0 Å². The Labute approximate surface area is 120 Å². The second-order valence-electron chi connectivity index (χ2n) is 4.78. The maximum atomic E-state index is 10.9. The van der Waals surface area contributed by atoms with Gasteiger partial charge in [-0.05, 0) is 6.07 Å². The monoisotopic (exact) mass is 292 g/mol. The zero-order valence-corrected chi connectivity index (χ0v) is 11.4. The molecule has 2 aromatic rings. The third kappa shape index (κ3) is 3.67. The predicted molar refractivity (Wildman–Crippen MR) is 73.0 cm³/mol. The fraction of sp³-hybridized carbons (Fsp3) is 0.462. The van der Waals surface area contributed by atoms with Crippen molar-refractivity contribution in [2.45, 2.75) is 0 Å². The Morgan fingerprint density at radius 3 is 3.14 bits per heavy atom. The molecule has 1 aliphatic rings. The van der Waals surface area contributed by atoms with E-state index in [9.17, 15) is 4.79 Å². The zero-order chi connectivity index (χ0) is 14.5. The molecule has 21 heavy (non-hydrogen) atoms. The van der Waals surface area contributed by atoms with Gasteiger partial charge in [0.15, 0.2) is 5.82 Å². The van der Waals surface area contributed by atoms with Crippen molar-refractivity contribution in [2.75, 3.05) is 32.9 Å². The van der Waals surface area contributed by atoms with Gasteiger partial charge >= 0.3 is 5.76 Å². The molecule has 1 saturated heterocycles. The maximum Gasteiger partial charge on any atom is 0.439 e. The van der Waals surface area contributed by atoms with Crippen molar-refractivity contribution in [3.8, 4) is 17.3 Å². The summed E-state index contributed by atoms with van der Waals surface area (Å²) in [6.45, 7) is 3.71. The molecule has 1 atom stereocenters. The van der Waals surface area contributed by atoms with Crippen LogP contribution in [0.5, 0.6) is 5.88 Å². The summed E-state index contributed by atoms with van der Waals surface area (Å²) >= 11 is 0. The Kier molecular flexibility index (Phi) is 4.27. The largest absolute Gasteiger partial charge is 0.477 e. The van der Waals surface area contributed by atoms with Crippen molar-refractivity contribution in [1.29, 1.82) is 0 Å². The van der Waals surface area contributed by atoms with Gasteiger partial charge < -0.3 is 14.8 Å². The van der Waals surface area contributed by atoms with E-state index in [1.165, 1.54) is 0 Å². The van der Waals surface area contributed by atoms with Crippen molar-refractivity contribution >= 4 is 0 Å². The third-order valence-corrected chi connectivity index (χ3v) is 3.13. The summed E-state index contributed by atoms with van der Waals surface area (Å²) in [4.78, 5) is 17.5. The van der Waals surface area contributed by atoms with Gasteiger partial charge in [0.05, 0.1) is 19.8 Å². The summed E-state index contributed by atoms with van der Waals surface area (Å²) in [5.74, 6) is 0.585. The van der Waals surface area contributed by atoms with Crippen molar-refractivity contribution in [1.82, 2.24) is 20.4 Å². The molecule has 3 heterocycles. The highest BCUT2D eigenvalue weighted by molar-refractivity contribution is 5.52. The molecule has 112 valence electrons. The van der Waals surface area contributed by atoms with E-state index in [-0.39, 0.29) is 0 Å². The fourth-order valence-electron chi connectivity index (χ4n) is 2.03. The van der Waals surface area contributed by atoms with Gasteiger partial charge in [0.1, 0.15) is 0 Å². The lowest BCUT2D eigenvalue weighted by molar-refractivity contribution is 0.100. The minimum atomic E-state index is -0.591. The number of hydrogen-bond acceptors (Lipinski definition) is 7. The van der Waals surface area contributed by atoms with Crippen molar-refractivity contribution in [3.05, 3.63) is 28.9 Å². The maximum absolute atomic E-state index is 10.9. The van der Waals surface area contributed by atoms with Gasteiger partial charge in [-0.2, -0.15) is 0 Å². The quantitative estimate of drug-likeness (QED) is 0.820. The number of H-pyrrole nitrogens is 1. The van der Waals surface area contributed by atoms with Crippen molar-refractivity contribution in [3.63, 3.8) is 0 Å². The van der Waals surface area contributed by atoms with Crippen LogP contribution >= 0.6 is 0 Å². The Bertz CT molecular complexity index is 614. The van der Waals surface area contributed by atoms with E-state index in [4.69, 9.17) is 9.47 Å². The van der Waals surface area contributed by atoms with Crippen LogP contribution in [0.1, 0.15) is 0 Å². The number of pyridine rings is 1. The Morgan fingerprint density at radius 2 is 2.38 bits per heavy atom. The molecule has 0 amide bonds. The van der Waals surface area contributed by atoms with Gasteiger partial charge in [-0.15, -0.1) is 0 Å². The zero-order valence-electron chi connectivity index (χ0n) is 11.4. The first-order chi connectivity index (χ1) is 10.3. The number of rotatable bonds is 4. The van der Waals surface area contributed by atoms with Crippen LogP contribution < -0.4 is 15.8 Å². The number of ether oxygens (including phenoxy) is 2. The summed E-state index contributed by atoms with van der Waals surface area (Å²) in [5, 5.41) is 6.89. The smallest absolute Gasteiger partial charge is 0.439 e. The molecule has 8 nitrogen and oxygen atoms in total. The van der Waals surface area contributed by atoms with Gasteiger partial charge in [0.25, 0.3) is 0 Å². The summed E-state index contributed by atoms with van der Waals surface area (Å²) in [7, 11) is 0. The first-order valence-electron chi connectivity index (χ1n) is 6.75. The molecule has 2 N–H and O–H groups in total. The number of nitrogens with zero attached hydrogens (tertiary/aromatic N) is 2. The molecular formula is C13H16N4O4. The lowest BCUT2D eigenvalue weighted by Gasteiger charge is -2.14. The standard InChI is InChI=1S/C13H16N4O4/c18-13-16-12(17-21-13)10-1-2-11(15-6-10)20-8-9-5-14-3-4-19-7-9/h1-2,6,9,14H,3-5,7-8H2,(H,16,17,18). The van der Waals surface area contributed by atoms with Crippen molar-refractivity contribution < 1.29 is 14.0 Å². The van der Waals surface area contributed by atoms with E-state index >= 15 is 0 Å². The van der Waals surface area contributed by atoms with E-state index in [1.807, 2.05) is 0 Å². The predicted octanol–water partition coefficient (Wildman–Crippen LogP) is 0.0397. The van der Waals surface area contributed by atoms with Crippen molar-refractivity contribution in [2.24, 2.45) is 5.92 Å². The molecule has 0 aromatic carbocycles. The van der Waals surface area contributed by atoms with Crippen LogP contribution in [0.4, 0.5) is 0 Å². The van der Waals surface area contributed by atoms with E-state index in [0.717, 1.165) is 19.7 Å². The van der Waals surface area contributed by atoms with Gasteiger partial charge in [-0.3, -0.25) is 9.51 Å². The number of aromatic nitrogens is 3. The first-order valence-corrected chi connectivity index (χ1v) is 6.75. The van der Waals surface area contributed by atoms with E-state index in [1.54, 1.807) is 18.3 Å². The molecule has 0 spiro atoms. The van der Waals surface area contributed by atoms with Crippen LogP contribution in [0.3, 0.4) is 0 Å². The molecule has 0 aliphatic carbocycles. The summed E-state index contributed by atoms with van der Waals surface area (Å²) in [5.41, 5.74) is 0.660. The van der Waals surface area contributed by atoms with E-state index in [0.29, 0.717) is 36.4 Å². The molecule has 0 bridgehead atoms. The molecule has 8 heteroatoms. The first kappa shape index (κ1) is 13.8. The number of hydrogen-bond donors (Lipinski definition) is 2. The lowest BCUT2D eigenvalue weighted by Crippen LogP contribution is -2.27. The van der Waals surface area contributed by atoms with Crippen LogP contribution in [0.25, 0.3) is 11.4 Å². The summed E-state index contributed by atoms with van der Waals surface area (Å²) in [6, 6.07) is 3.49. The normalized spacial score (nSPS) is 19.1. The highest BCUT2D eigenvalue weighted by atomic mass is 16.5. The highest BCUT2D eigenvalue weighted by Crippen LogP contribution is 2.16. The molecule has 1 fully saturated rings. The minimum absolute atomic E-state index is 0.306. The van der Waals surface area contributed by atoms with Crippen LogP contribution in [0.15, 0.2) is 27.6 Å². The van der Waals surface area contributed by atoms with Gasteiger partial charge in [-0.25, -0.2) is 9.78 Å². The topological polar surface area (TPSA) is 102 Å². The van der Waals surface area contributed by atoms with Gasteiger partial charge in [-0.1, -0.05) is 5.16 Å². The summed E-state index contributed by atoms with van der Waals surface area (Å²) in [6.07, 6.45) is 1.57. The molecular weight excluding hydrogens is 276 g/mol. The van der Waals surface area contributed by atoms with Crippen LogP contribution in [-0.4, -0.2) is 48.0 Å². The summed E-state index contributed by atoms with van der Waals surface area (Å²) < 4.78 is 15.6. The number of nitrogens with one attached hydrogen (secondary N) is 2. The molecule has 1 unspecified atom stereocenters. The SMILES string of the molecule is O=c1[nH]c(-c2ccc(OCC3CNCCOC3)nc2)no1. The second kappa shape index (κ2) is 6.51. The van der Waals surface area contributed by atoms with Crippen LogP contribution in [0.2, 0.25) is 0 Å². The molecule has 0 saturated carbocycles. The molecule has 0 radical (unpaired) electrons. The minimum Gasteiger partial charge on any atom is -0.477 e. The molecule has 2 aromatic heterocycles. The number of aromatic amines is 1. The average molecular weight is 292 g/mol. The average Bonchev–Trinajstić information content (AvgIpc) is 2.78.